The Bertz CT molecular complexity index is 403. The van der Waals surface area contributed by atoms with Crippen LogP contribution in [-0.2, 0) is 16.1 Å². The third-order valence-electron chi connectivity index (χ3n) is 2.33. The molecule has 92 valence electrons. The summed E-state index contributed by atoms with van der Waals surface area (Å²) in [6.45, 7) is 1.83. The molecule has 0 radical (unpaired) electrons. The minimum absolute atomic E-state index is 0.0965. The minimum atomic E-state index is -0.949. The summed E-state index contributed by atoms with van der Waals surface area (Å²) in [7, 11) is 0. The van der Waals surface area contributed by atoms with Gasteiger partial charge in [0.15, 0.2) is 0 Å². The molecule has 17 heavy (non-hydrogen) atoms. The smallest absolute Gasteiger partial charge is 0.305 e. The second-order valence-electron chi connectivity index (χ2n) is 3.71. The summed E-state index contributed by atoms with van der Waals surface area (Å²) < 4.78 is 12.7. The highest BCUT2D eigenvalue weighted by molar-refractivity contribution is 5.74. The van der Waals surface area contributed by atoms with Crippen LogP contribution in [0, 0.1) is 5.82 Å². The first kappa shape index (κ1) is 13.2. The number of aliphatic carboxylic acids is 1. The summed E-state index contributed by atoms with van der Waals surface area (Å²) in [5.41, 5.74) is 0.770. The van der Waals surface area contributed by atoms with Gasteiger partial charge >= 0.3 is 5.97 Å². The van der Waals surface area contributed by atoms with E-state index in [2.05, 4.69) is 0 Å². The normalized spacial score (nSPS) is 10.0. The number of halogens is 1. The van der Waals surface area contributed by atoms with E-state index >= 15 is 0 Å². The highest BCUT2D eigenvalue weighted by atomic mass is 19.1. The van der Waals surface area contributed by atoms with Crippen LogP contribution < -0.4 is 0 Å². The molecule has 1 amide bonds. The van der Waals surface area contributed by atoms with Gasteiger partial charge in [-0.3, -0.25) is 9.59 Å². The Kier molecular flexibility index (Phi) is 4.63. The van der Waals surface area contributed by atoms with Gasteiger partial charge in [0.1, 0.15) is 5.82 Å². The van der Waals surface area contributed by atoms with Gasteiger partial charge in [-0.05, 0) is 17.7 Å². The number of amides is 1. The zero-order valence-corrected chi connectivity index (χ0v) is 9.52. The van der Waals surface area contributed by atoms with Crippen molar-refractivity contribution in [3.63, 3.8) is 0 Å². The molecule has 0 heterocycles. The molecule has 0 aliphatic rings. The number of hydrogen-bond acceptors (Lipinski definition) is 2. The van der Waals surface area contributed by atoms with Crippen molar-refractivity contribution >= 4 is 11.9 Å². The molecule has 1 rings (SSSR count). The van der Waals surface area contributed by atoms with E-state index in [0.29, 0.717) is 6.54 Å². The van der Waals surface area contributed by atoms with Crippen molar-refractivity contribution in [3.8, 4) is 0 Å². The number of rotatable bonds is 5. The second-order valence-corrected chi connectivity index (χ2v) is 3.71. The van der Waals surface area contributed by atoms with Crippen molar-refractivity contribution in [1.82, 2.24) is 4.90 Å². The van der Waals surface area contributed by atoms with E-state index in [-0.39, 0.29) is 24.7 Å². The van der Waals surface area contributed by atoms with Gasteiger partial charge in [-0.25, -0.2) is 4.39 Å². The topological polar surface area (TPSA) is 57.6 Å². The van der Waals surface area contributed by atoms with Crippen LogP contribution in [0.5, 0.6) is 0 Å². The Labute approximate surface area is 98.7 Å². The average Bonchev–Trinajstić information content (AvgIpc) is 2.26. The zero-order valence-electron chi connectivity index (χ0n) is 9.52. The molecule has 0 unspecified atom stereocenters. The van der Waals surface area contributed by atoms with Crippen LogP contribution in [0.4, 0.5) is 4.39 Å². The van der Waals surface area contributed by atoms with E-state index in [1.807, 2.05) is 0 Å². The van der Waals surface area contributed by atoms with E-state index in [1.165, 1.54) is 24.0 Å². The zero-order chi connectivity index (χ0) is 12.8. The lowest BCUT2D eigenvalue weighted by Gasteiger charge is -2.20. The molecule has 0 saturated heterocycles. The lowest BCUT2D eigenvalue weighted by Crippen LogP contribution is -2.30. The van der Waals surface area contributed by atoms with Crippen molar-refractivity contribution in [2.24, 2.45) is 0 Å². The fourth-order valence-corrected chi connectivity index (χ4v) is 1.39. The predicted octanol–water partition coefficient (Wildman–Crippen LogP) is 1.65. The van der Waals surface area contributed by atoms with Crippen LogP contribution in [-0.4, -0.2) is 28.4 Å². The van der Waals surface area contributed by atoms with E-state index < -0.39 is 5.97 Å². The molecule has 0 aliphatic heterocycles. The Balaban J connectivity index is 2.63. The summed E-state index contributed by atoms with van der Waals surface area (Å²) in [6.07, 6.45) is -0.0965. The van der Waals surface area contributed by atoms with Crippen LogP contribution in [0.1, 0.15) is 18.9 Å². The molecule has 4 nitrogen and oxygen atoms in total. The first-order valence-corrected chi connectivity index (χ1v) is 5.21. The van der Waals surface area contributed by atoms with Gasteiger partial charge < -0.3 is 10.0 Å². The van der Waals surface area contributed by atoms with Crippen molar-refractivity contribution in [1.29, 1.82) is 0 Å². The van der Waals surface area contributed by atoms with E-state index in [0.717, 1.165) is 5.56 Å². The lowest BCUT2D eigenvalue weighted by atomic mass is 10.2. The van der Waals surface area contributed by atoms with Gasteiger partial charge in [-0.2, -0.15) is 0 Å². The lowest BCUT2D eigenvalue weighted by molar-refractivity contribution is -0.138. The number of benzene rings is 1. The Hall–Kier alpha value is -1.91. The predicted molar refractivity (Wildman–Crippen MR) is 59.7 cm³/mol. The molecular formula is C12H14FNO3. The largest absolute Gasteiger partial charge is 0.481 e. The first-order valence-electron chi connectivity index (χ1n) is 5.21. The average molecular weight is 239 g/mol. The molecule has 0 aliphatic carbocycles. The summed E-state index contributed by atoms with van der Waals surface area (Å²) in [5, 5.41) is 8.56. The van der Waals surface area contributed by atoms with Gasteiger partial charge in [0.2, 0.25) is 5.91 Å². The highest BCUT2D eigenvalue weighted by Crippen LogP contribution is 2.07. The fourth-order valence-electron chi connectivity index (χ4n) is 1.39. The maximum absolute atomic E-state index is 12.7. The molecule has 0 atom stereocenters. The summed E-state index contributed by atoms with van der Waals surface area (Å²) in [6, 6.07) is 5.77. The number of nitrogens with zero attached hydrogens (tertiary/aromatic N) is 1. The highest BCUT2D eigenvalue weighted by Gasteiger charge is 2.11. The van der Waals surface area contributed by atoms with E-state index in [4.69, 9.17) is 5.11 Å². The third-order valence-corrected chi connectivity index (χ3v) is 2.33. The van der Waals surface area contributed by atoms with E-state index in [9.17, 15) is 14.0 Å². The Morgan fingerprint density at radius 3 is 2.35 bits per heavy atom. The van der Waals surface area contributed by atoms with Crippen molar-refractivity contribution < 1.29 is 19.1 Å². The van der Waals surface area contributed by atoms with Crippen LogP contribution in [0.2, 0.25) is 0 Å². The van der Waals surface area contributed by atoms with Crippen LogP contribution in [0.15, 0.2) is 24.3 Å². The maximum Gasteiger partial charge on any atom is 0.305 e. The van der Waals surface area contributed by atoms with Gasteiger partial charge in [-0.1, -0.05) is 12.1 Å². The number of hydrogen-bond donors (Lipinski definition) is 1. The number of carbonyl (C=O) groups excluding carboxylic acids is 1. The van der Waals surface area contributed by atoms with Gasteiger partial charge in [0, 0.05) is 20.0 Å². The molecule has 5 heteroatoms. The summed E-state index contributed by atoms with van der Waals surface area (Å²) in [5.74, 6) is -1.49. The molecule has 1 aromatic carbocycles. The van der Waals surface area contributed by atoms with Crippen molar-refractivity contribution in [2.45, 2.75) is 19.9 Å². The third kappa shape index (κ3) is 4.63. The quantitative estimate of drug-likeness (QED) is 0.850. The van der Waals surface area contributed by atoms with Gasteiger partial charge in [0.05, 0.1) is 6.42 Å². The molecule has 1 aromatic rings. The van der Waals surface area contributed by atoms with Crippen molar-refractivity contribution in [2.75, 3.05) is 6.54 Å². The Morgan fingerprint density at radius 1 is 1.29 bits per heavy atom. The molecule has 0 bridgehead atoms. The number of carboxylic acid groups (broad SMARTS) is 1. The number of carbonyl (C=O) groups is 2. The maximum atomic E-state index is 12.7. The van der Waals surface area contributed by atoms with Crippen LogP contribution in [0.3, 0.4) is 0 Å². The molecule has 1 N–H and O–H groups in total. The first-order chi connectivity index (χ1) is 7.99. The molecule has 0 fully saturated rings. The van der Waals surface area contributed by atoms with Gasteiger partial charge in [0.25, 0.3) is 0 Å². The molecule has 0 spiro atoms. The Morgan fingerprint density at radius 2 is 1.88 bits per heavy atom. The molecule has 0 saturated carbocycles. The SMILES string of the molecule is CC(=O)N(CCC(=O)O)Cc1ccc(F)cc1. The minimum Gasteiger partial charge on any atom is -0.481 e. The standard InChI is InChI=1S/C12H14FNO3/c1-9(15)14(7-6-12(16)17)8-10-2-4-11(13)5-3-10/h2-5H,6-8H2,1H3,(H,16,17). The van der Waals surface area contributed by atoms with Gasteiger partial charge in [-0.15, -0.1) is 0 Å². The number of carboxylic acids is 1. The monoisotopic (exact) mass is 239 g/mol. The van der Waals surface area contributed by atoms with Crippen LogP contribution in [0.25, 0.3) is 0 Å². The molecular weight excluding hydrogens is 225 g/mol. The summed E-state index contributed by atoms with van der Waals surface area (Å²) in [4.78, 5) is 23.1. The van der Waals surface area contributed by atoms with E-state index in [1.54, 1.807) is 12.1 Å². The summed E-state index contributed by atoms with van der Waals surface area (Å²) >= 11 is 0. The van der Waals surface area contributed by atoms with Crippen molar-refractivity contribution in [3.05, 3.63) is 35.6 Å². The fraction of sp³-hybridized carbons (Fsp3) is 0.333. The molecule has 0 aromatic heterocycles. The van der Waals surface area contributed by atoms with Crippen LogP contribution >= 0.6 is 0 Å². The second kappa shape index (κ2) is 5.98.